The van der Waals surface area contributed by atoms with Crippen LogP contribution in [0.5, 0.6) is 0 Å². The van der Waals surface area contributed by atoms with E-state index in [4.69, 9.17) is 5.73 Å². The largest absolute Gasteiger partial charge is 0.399 e. The van der Waals surface area contributed by atoms with Crippen LogP contribution in [0.4, 0.5) is 5.69 Å². The predicted molar refractivity (Wildman–Crippen MR) is 67.2 cm³/mol. The molecule has 1 aromatic carbocycles. The standard InChI is InChI=1S/C12H17N5/c1-8(2)7-17-12(14-15-16-17)10-4-9(3)5-11(13)6-10/h4-6,8H,7,13H2,1-3H3. The molecule has 0 unspecified atom stereocenters. The van der Waals surface area contributed by atoms with Gasteiger partial charge in [-0.3, -0.25) is 0 Å². The van der Waals surface area contributed by atoms with Gasteiger partial charge in [0.1, 0.15) is 0 Å². The van der Waals surface area contributed by atoms with Crippen LogP contribution in [-0.2, 0) is 6.54 Å². The van der Waals surface area contributed by atoms with Crippen molar-refractivity contribution < 1.29 is 0 Å². The number of benzene rings is 1. The van der Waals surface area contributed by atoms with Gasteiger partial charge in [0.25, 0.3) is 0 Å². The first kappa shape index (κ1) is 11.6. The highest BCUT2D eigenvalue weighted by Gasteiger charge is 2.10. The molecule has 1 heterocycles. The first-order valence-corrected chi connectivity index (χ1v) is 5.70. The van der Waals surface area contributed by atoms with Crippen LogP contribution in [0.15, 0.2) is 18.2 Å². The molecular formula is C12H17N5. The lowest BCUT2D eigenvalue weighted by atomic mass is 10.1. The highest BCUT2D eigenvalue weighted by molar-refractivity contribution is 5.62. The van der Waals surface area contributed by atoms with Gasteiger partial charge in [-0.1, -0.05) is 13.8 Å². The van der Waals surface area contributed by atoms with Crippen LogP contribution in [0.2, 0.25) is 0 Å². The Labute approximate surface area is 101 Å². The second-order valence-electron chi connectivity index (χ2n) is 4.71. The van der Waals surface area contributed by atoms with E-state index in [9.17, 15) is 0 Å². The normalized spacial score (nSPS) is 11.1. The Bertz CT molecular complexity index is 495. The number of aryl methyl sites for hydroxylation is 1. The molecule has 0 saturated carbocycles. The van der Waals surface area contributed by atoms with Crippen LogP contribution >= 0.6 is 0 Å². The van der Waals surface area contributed by atoms with Gasteiger partial charge in [-0.05, 0) is 47.0 Å². The van der Waals surface area contributed by atoms with Gasteiger partial charge in [0.15, 0.2) is 5.82 Å². The lowest BCUT2D eigenvalue weighted by molar-refractivity contribution is 0.475. The van der Waals surface area contributed by atoms with Crippen molar-refractivity contribution in [2.45, 2.75) is 27.3 Å². The predicted octanol–water partition coefficient (Wildman–Crippen LogP) is 1.89. The van der Waals surface area contributed by atoms with Gasteiger partial charge in [-0.15, -0.1) is 5.10 Å². The molecule has 90 valence electrons. The summed E-state index contributed by atoms with van der Waals surface area (Å²) in [6.07, 6.45) is 0. The van der Waals surface area contributed by atoms with E-state index in [2.05, 4.69) is 29.4 Å². The summed E-state index contributed by atoms with van der Waals surface area (Å²) in [4.78, 5) is 0. The van der Waals surface area contributed by atoms with Gasteiger partial charge < -0.3 is 5.73 Å². The van der Waals surface area contributed by atoms with E-state index in [1.807, 2.05) is 29.8 Å². The van der Waals surface area contributed by atoms with E-state index < -0.39 is 0 Å². The molecule has 5 heteroatoms. The molecule has 0 aliphatic rings. The zero-order chi connectivity index (χ0) is 12.4. The molecule has 2 N–H and O–H groups in total. The minimum absolute atomic E-state index is 0.499. The monoisotopic (exact) mass is 231 g/mol. The summed E-state index contributed by atoms with van der Waals surface area (Å²) >= 11 is 0. The molecular weight excluding hydrogens is 214 g/mol. The fourth-order valence-electron chi connectivity index (χ4n) is 1.82. The fraction of sp³-hybridized carbons (Fsp3) is 0.417. The number of anilines is 1. The summed E-state index contributed by atoms with van der Waals surface area (Å²) in [5.74, 6) is 1.27. The molecule has 0 bridgehead atoms. The number of aromatic nitrogens is 4. The molecule has 0 aliphatic heterocycles. The molecule has 0 amide bonds. The second kappa shape index (κ2) is 4.53. The average Bonchev–Trinajstić information content (AvgIpc) is 2.63. The number of nitrogens with zero attached hydrogens (tertiary/aromatic N) is 4. The Morgan fingerprint density at radius 1 is 1.29 bits per heavy atom. The van der Waals surface area contributed by atoms with Gasteiger partial charge >= 0.3 is 0 Å². The molecule has 1 aromatic heterocycles. The topological polar surface area (TPSA) is 69.6 Å². The van der Waals surface area contributed by atoms with Crippen LogP contribution in [-0.4, -0.2) is 20.2 Å². The number of nitrogens with two attached hydrogens (primary N) is 1. The maximum atomic E-state index is 5.84. The van der Waals surface area contributed by atoms with E-state index in [1.54, 1.807) is 0 Å². The number of hydrogen-bond donors (Lipinski definition) is 1. The summed E-state index contributed by atoms with van der Waals surface area (Å²) in [5.41, 5.74) is 8.65. The van der Waals surface area contributed by atoms with Crippen molar-refractivity contribution in [2.75, 3.05) is 5.73 Å². The van der Waals surface area contributed by atoms with Crippen LogP contribution in [0.25, 0.3) is 11.4 Å². The number of tetrazole rings is 1. The zero-order valence-electron chi connectivity index (χ0n) is 10.4. The van der Waals surface area contributed by atoms with E-state index in [1.165, 1.54) is 0 Å². The SMILES string of the molecule is Cc1cc(N)cc(-c2nnnn2CC(C)C)c1. The molecule has 17 heavy (non-hydrogen) atoms. The number of hydrogen-bond acceptors (Lipinski definition) is 4. The van der Waals surface area contributed by atoms with Crippen molar-refractivity contribution in [3.05, 3.63) is 23.8 Å². The molecule has 0 radical (unpaired) electrons. The summed E-state index contributed by atoms with van der Waals surface area (Å²) in [6.45, 7) is 7.08. The highest BCUT2D eigenvalue weighted by atomic mass is 15.5. The zero-order valence-corrected chi connectivity index (χ0v) is 10.4. The summed E-state index contributed by atoms with van der Waals surface area (Å²) in [6, 6.07) is 5.87. The van der Waals surface area contributed by atoms with Crippen molar-refractivity contribution >= 4 is 5.69 Å². The van der Waals surface area contributed by atoms with Crippen molar-refractivity contribution in [1.29, 1.82) is 0 Å². The summed E-state index contributed by atoms with van der Waals surface area (Å²) in [5, 5.41) is 11.8. The molecule has 0 aliphatic carbocycles. The lowest BCUT2D eigenvalue weighted by Gasteiger charge is -2.08. The van der Waals surface area contributed by atoms with Crippen molar-refractivity contribution in [1.82, 2.24) is 20.2 Å². The van der Waals surface area contributed by atoms with Gasteiger partial charge in [-0.25, -0.2) is 4.68 Å². The van der Waals surface area contributed by atoms with Crippen LogP contribution < -0.4 is 5.73 Å². The molecule has 0 spiro atoms. The minimum atomic E-state index is 0.499. The van der Waals surface area contributed by atoms with Gasteiger partial charge in [-0.2, -0.15) is 0 Å². The van der Waals surface area contributed by atoms with Crippen molar-refractivity contribution in [3.8, 4) is 11.4 Å². The molecule has 0 atom stereocenters. The molecule has 2 aromatic rings. The van der Waals surface area contributed by atoms with Gasteiger partial charge in [0, 0.05) is 17.8 Å². The summed E-state index contributed by atoms with van der Waals surface area (Å²) in [7, 11) is 0. The van der Waals surface area contributed by atoms with Crippen LogP contribution in [0, 0.1) is 12.8 Å². The maximum absolute atomic E-state index is 5.84. The van der Waals surface area contributed by atoms with E-state index in [0.717, 1.165) is 29.2 Å². The molecule has 2 rings (SSSR count). The Morgan fingerprint density at radius 3 is 2.71 bits per heavy atom. The molecule has 0 fully saturated rings. The second-order valence-corrected chi connectivity index (χ2v) is 4.71. The smallest absolute Gasteiger partial charge is 0.182 e. The van der Waals surface area contributed by atoms with Crippen LogP contribution in [0.3, 0.4) is 0 Å². The van der Waals surface area contributed by atoms with E-state index in [-0.39, 0.29) is 0 Å². The Balaban J connectivity index is 2.42. The third-order valence-electron chi connectivity index (χ3n) is 2.43. The Kier molecular flexibility index (Phi) is 3.08. The third kappa shape index (κ3) is 2.61. The summed E-state index contributed by atoms with van der Waals surface area (Å²) < 4.78 is 1.82. The quantitative estimate of drug-likeness (QED) is 0.819. The number of rotatable bonds is 3. The van der Waals surface area contributed by atoms with Crippen molar-refractivity contribution in [2.24, 2.45) is 5.92 Å². The Morgan fingerprint density at radius 2 is 2.06 bits per heavy atom. The first-order valence-electron chi connectivity index (χ1n) is 5.70. The van der Waals surface area contributed by atoms with Crippen molar-refractivity contribution in [3.63, 3.8) is 0 Å². The number of nitrogen functional groups attached to an aromatic ring is 1. The fourth-order valence-corrected chi connectivity index (χ4v) is 1.82. The van der Waals surface area contributed by atoms with Gasteiger partial charge in [0.2, 0.25) is 0 Å². The highest BCUT2D eigenvalue weighted by Crippen LogP contribution is 2.21. The van der Waals surface area contributed by atoms with E-state index in [0.29, 0.717) is 5.92 Å². The average molecular weight is 231 g/mol. The Hall–Kier alpha value is -1.91. The first-order chi connectivity index (χ1) is 8.06. The third-order valence-corrected chi connectivity index (χ3v) is 2.43. The molecule has 5 nitrogen and oxygen atoms in total. The lowest BCUT2D eigenvalue weighted by Crippen LogP contribution is -2.08. The van der Waals surface area contributed by atoms with E-state index >= 15 is 0 Å². The minimum Gasteiger partial charge on any atom is -0.399 e. The van der Waals surface area contributed by atoms with Crippen LogP contribution in [0.1, 0.15) is 19.4 Å². The van der Waals surface area contributed by atoms with Gasteiger partial charge in [0.05, 0.1) is 0 Å². The maximum Gasteiger partial charge on any atom is 0.182 e. The molecule has 0 saturated heterocycles.